The summed E-state index contributed by atoms with van der Waals surface area (Å²) < 4.78 is 11.4. The van der Waals surface area contributed by atoms with Gasteiger partial charge in [-0.15, -0.1) is 0 Å². The first-order chi connectivity index (χ1) is 20.8. The maximum Gasteiger partial charge on any atom is 0.415 e. The number of nitriles is 1. The Morgan fingerprint density at radius 3 is 2.41 bits per heavy atom. The van der Waals surface area contributed by atoms with E-state index in [0.717, 1.165) is 31.1 Å². The van der Waals surface area contributed by atoms with E-state index in [-0.39, 0.29) is 29.8 Å². The lowest BCUT2D eigenvalue weighted by Gasteiger charge is -2.32. The summed E-state index contributed by atoms with van der Waals surface area (Å²) in [7, 11) is 5.69. The number of pyridine rings is 1. The predicted octanol–water partition coefficient (Wildman–Crippen LogP) is 5.92. The molecule has 3 aromatic rings. The van der Waals surface area contributed by atoms with E-state index in [1.54, 1.807) is 39.0 Å². The third kappa shape index (κ3) is 7.47. The molecule has 1 aromatic heterocycles. The number of carbonyl (C=O) groups excluding carboxylic acids is 2. The predicted molar refractivity (Wildman–Crippen MR) is 174 cm³/mol. The lowest BCUT2D eigenvalue weighted by molar-refractivity contribution is 0.0583. The molecular formula is C34H42N6O4. The molecule has 1 saturated carbocycles. The van der Waals surface area contributed by atoms with E-state index in [1.165, 1.54) is 12.0 Å². The Labute approximate surface area is 259 Å². The van der Waals surface area contributed by atoms with E-state index >= 15 is 0 Å². The number of nitrogens with two attached hydrogens (primary N) is 1. The average molecular weight is 599 g/mol. The molecule has 1 heterocycles. The van der Waals surface area contributed by atoms with E-state index in [2.05, 4.69) is 35.9 Å². The van der Waals surface area contributed by atoms with Gasteiger partial charge in [-0.2, -0.15) is 5.26 Å². The fourth-order valence-corrected chi connectivity index (χ4v) is 5.47. The van der Waals surface area contributed by atoms with Gasteiger partial charge in [0.25, 0.3) is 5.91 Å². The van der Waals surface area contributed by atoms with E-state index in [0.29, 0.717) is 39.8 Å². The summed E-state index contributed by atoms with van der Waals surface area (Å²) >= 11 is 0. The Hall–Kier alpha value is -4.62. The highest BCUT2D eigenvalue weighted by molar-refractivity contribution is 6.06. The maximum absolute atomic E-state index is 13.5. The zero-order chi connectivity index (χ0) is 32.2. The number of anilines is 2. The first-order valence-electron chi connectivity index (χ1n) is 14.7. The summed E-state index contributed by atoms with van der Waals surface area (Å²) in [6, 6.07) is 15.4. The van der Waals surface area contributed by atoms with Gasteiger partial charge >= 0.3 is 6.09 Å². The number of aromatic nitrogens is 1. The van der Waals surface area contributed by atoms with Crippen molar-refractivity contribution in [3.8, 4) is 23.1 Å². The Kier molecular flexibility index (Phi) is 9.80. The molecule has 0 unspecified atom stereocenters. The molecule has 2 aromatic carbocycles. The second kappa shape index (κ2) is 13.3. The highest BCUT2D eigenvalue weighted by Gasteiger charge is 2.29. The molecular weight excluding hydrogens is 556 g/mol. The van der Waals surface area contributed by atoms with Gasteiger partial charge in [0.2, 0.25) is 0 Å². The maximum atomic E-state index is 13.5. The average Bonchev–Trinajstić information content (AvgIpc) is 2.98. The van der Waals surface area contributed by atoms with Crippen LogP contribution in [0.5, 0.6) is 5.75 Å². The minimum absolute atomic E-state index is 0.0706. The summed E-state index contributed by atoms with van der Waals surface area (Å²) in [5, 5.41) is 14.1. The highest BCUT2D eigenvalue weighted by atomic mass is 16.6. The summed E-state index contributed by atoms with van der Waals surface area (Å²) in [6.45, 7) is 9.02. The van der Waals surface area contributed by atoms with Crippen molar-refractivity contribution >= 4 is 34.1 Å². The number of carbonyl (C=O) groups is 2. The van der Waals surface area contributed by atoms with Gasteiger partial charge in [0.05, 0.1) is 36.8 Å². The van der Waals surface area contributed by atoms with Crippen LogP contribution in [0.1, 0.15) is 56.9 Å². The quantitative estimate of drug-likeness (QED) is 0.306. The number of nitrogen functional groups attached to an aromatic ring is 1. The molecule has 0 bridgehead atoms. The molecule has 1 fully saturated rings. The van der Waals surface area contributed by atoms with E-state index < -0.39 is 11.7 Å². The SMILES string of the molecule is C=C(C#N)CN(C(=O)OC(C)(C)C)c1c(OC)ccc2ccc(-c3ccc(N)c(C(=O)NC4CCC(N(C)C)CC4)n3)cc12. The van der Waals surface area contributed by atoms with Crippen molar-refractivity contribution in [2.45, 2.75) is 64.1 Å². The van der Waals surface area contributed by atoms with Gasteiger partial charge in [0.1, 0.15) is 11.4 Å². The largest absolute Gasteiger partial charge is 0.495 e. The van der Waals surface area contributed by atoms with Gasteiger partial charge in [-0.05, 0) is 90.2 Å². The van der Waals surface area contributed by atoms with Crippen LogP contribution in [0.4, 0.5) is 16.2 Å². The third-order valence-electron chi connectivity index (χ3n) is 7.77. The number of amides is 2. The molecule has 1 aliphatic carbocycles. The second-order valence-electron chi connectivity index (χ2n) is 12.4. The van der Waals surface area contributed by atoms with Gasteiger partial charge < -0.3 is 25.4 Å². The molecule has 0 atom stereocenters. The van der Waals surface area contributed by atoms with Crippen molar-refractivity contribution in [2.24, 2.45) is 0 Å². The molecule has 44 heavy (non-hydrogen) atoms. The van der Waals surface area contributed by atoms with Crippen LogP contribution in [-0.2, 0) is 4.74 Å². The van der Waals surface area contributed by atoms with Gasteiger partial charge in [-0.3, -0.25) is 9.69 Å². The summed E-state index contributed by atoms with van der Waals surface area (Å²) in [5.41, 5.74) is 7.78. The monoisotopic (exact) mass is 598 g/mol. The molecule has 3 N–H and O–H groups in total. The van der Waals surface area contributed by atoms with Gasteiger partial charge in [-0.25, -0.2) is 9.78 Å². The van der Waals surface area contributed by atoms with Crippen molar-refractivity contribution < 1.29 is 19.1 Å². The molecule has 10 heteroatoms. The van der Waals surface area contributed by atoms with Crippen LogP contribution in [0, 0.1) is 11.3 Å². The van der Waals surface area contributed by atoms with Crippen LogP contribution in [-0.4, -0.2) is 67.3 Å². The van der Waals surface area contributed by atoms with E-state index in [9.17, 15) is 14.9 Å². The topological polar surface area (TPSA) is 134 Å². The summed E-state index contributed by atoms with van der Waals surface area (Å²) in [4.78, 5) is 35.1. The lowest BCUT2D eigenvalue weighted by atomic mass is 9.90. The highest BCUT2D eigenvalue weighted by Crippen LogP contribution is 2.39. The zero-order valence-corrected chi connectivity index (χ0v) is 26.4. The molecule has 0 saturated heterocycles. The number of rotatable bonds is 8. The van der Waals surface area contributed by atoms with Crippen molar-refractivity contribution in [1.29, 1.82) is 5.26 Å². The summed E-state index contributed by atoms with van der Waals surface area (Å²) in [5.74, 6) is 0.118. The first-order valence-corrected chi connectivity index (χ1v) is 14.7. The number of methoxy groups -OCH3 is 1. The van der Waals surface area contributed by atoms with Crippen molar-refractivity contribution in [3.63, 3.8) is 0 Å². The van der Waals surface area contributed by atoms with Crippen LogP contribution in [0.15, 0.2) is 54.6 Å². The number of hydrogen-bond donors (Lipinski definition) is 2. The number of nitrogens with one attached hydrogen (secondary N) is 1. The van der Waals surface area contributed by atoms with Crippen LogP contribution in [0.25, 0.3) is 22.0 Å². The molecule has 0 radical (unpaired) electrons. The fraction of sp³-hybridized carbons (Fsp3) is 0.412. The lowest BCUT2D eigenvalue weighted by Crippen LogP contribution is -2.42. The minimum Gasteiger partial charge on any atom is -0.495 e. The minimum atomic E-state index is -0.775. The van der Waals surface area contributed by atoms with Gasteiger partial charge in [-0.1, -0.05) is 24.8 Å². The van der Waals surface area contributed by atoms with Crippen LogP contribution < -0.4 is 20.7 Å². The Balaban J connectivity index is 1.73. The molecule has 2 amide bonds. The van der Waals surface area contributed by atoms with Crippen LogP contribution in [0.2, 0.25) is 0 Å². The van der Waals surface area contributed by atoms with Gasteiger partial charge in [0.15, 0.2) is 5.69 Å². The standard InChI is InChI=1S/C34H42N6O4/c1-21(19-35)20-40(33(42)44-34(2,3)4)31-26-18-23(9-8-22(26)10-17-29(31)43-7)28-16-15-27(36)30(38-28)32(41)37-24-11-13-25(14-12-24)39(5)6/h8-10,15-18,24-25H,1,11-14,20,36H2,2-7H3,(H,37,41). The van der Waals surface area contributed by atoms with Gasteiger partial charge in [0, 0.05) is 28.6 Å². The number of fused-ring (bicyclic) bond motifs is 1. The Morgan fingerprint density at radius 1 is 1.11 bits per heavy atom. The van der Waals surface area contributed by atoms with Crippen LogP contribution >= 0.6 is 0 Å². The summed E-state index contributed by atoms with van der Waals surface area (Å²) in [6.07, 6.45) is 3.19. The molecule has 0 aliphatic heterocycles. The number of benzene rings is 2. The van der Waals surface area contributed by atoms with Crippen molar-refractivity contribution in [3.05, 3.63) is 60.3 Å². The van der Waals surface area contributed by atoms with E-state index in [1.807, 2.05) is 30.3 Å². The normalized spacial score (nSPS) is 16.7. The number of nitrogens with zero attached hydrogens (tertiary/aromatic N) is 4. The third-order valence-corrected chi connectivity index (χ3v) is 7.77. The van der Waals surface area contributed by atoms with Crippen molar-refractivity contribution in [1.82, 2.24) is 15.2 Å². The Morgan fingerprint density at radius 2 is 1.80 bits per heavy atom. The molecule has 1 aliphatic rings. The zero-order valence-electron chi connectivity index (χ0n) is 26.4. The van der Waals surface area contributed by atoms with E-state index in [4.69, 9.17) is 15.2 Å². The second-order valence-corrected chi connectivity index (χ2v) is 12.4. The molecule has 232 valence electrons. The smallest absolute Gasteiger partial charge is 0.415 e. The first kappa shape index (κ1) is 32.3. The Bertz CT molecular complexity index is 1600. The molecule has 0 spiro atoms. The molecule has 4 rings (SSSR count). The number of hydrogen-bond acceptors (Lipinski definition) is 8. The number of ether oxygens (including phenoxy) is 2. The fourth-order valence-electron chi connectivity index (χ4n) is 5.47. The van der Waals surface area contributed by atoms with Crippen molar-refractivity contribution in [2.75, 3.05) is 38.4 Å². The molecule has 10 nitrogen and oxygen atoms in total. The van der Waals surface area contributed by atoms with Crippen LogP contribution in [0.3, 0.4) is 0 Å².